The third kappa shape index (κ3) is 5.17. The molecule has 1 heterocycles. The lowest BCUT2D eigenvalue weighted by Gasteiger charge is -2.14. The van der Waals surface area contributed by atoms with Crippen molar-refractivity contribution >= 4 is 11.9 Å². The lowest BCUT2D eigenvalue weighted by atomic mass is 10.1. The molecule has 6 heteroatoms. The molecule has 0 fully saturated rings. The van der Waals surface area contributed by atoms with Crippen LogP contribution >= 0.6 is 0 Å². The number of carboxylic acid groups (broad SMARTS) is 1. The third-order valence-corrected chi connectivity index (χ3v) is 4.07. The minimum atomic E-state index is -0.999. The predicted octanol–water partition coefficient (Wildman–Crippen LogP) is 2.92. The van der Waals surface area contributed by atoms with Crippen molar-refractivity contribution in [3.63, 3.8) is 0 Å². The molecule has 25 heavy (non-hydrogen) atoms. The number of aryl methyl sites for hydroxylation is 2. The molecule has 1 atom stereocenters. The summed E-state index contributed by atoms with van der Waals surface area (Å²) in [5.41, 5.74) is 3.41. The van der Waals surface area contributed by atoms with Crippen molar-refractivity contribution in [1.29, 1.82) is 0 Å². The molecule has 0 spiro atoms. The van der Waals surface area contributed by atoms with Gasteiger partial charge in [0.1, 0.15) is 6.04 Å². The highest BCUT2D eigenvalue weighted by molar-refractivity contribution is 5.96. The van der Waals surface area contributed by atoms with E-state index in [4.69, 9.17) is 0 Å². The first-order valence-corrected chi connectivity index (χ1v) is 8.54. The number of hydrogen-bond donors (Lipinski definition) is 2. The Morgan fingerprint density at radius 1 is 1.28 bits per heavy atom. The standard InChI is InChI=1S/C19H25N3O3/c1-4-5-9-17(19(24)25)20-18(23)16-8-6-7-15(11-16)12-22-14(3)10-13(2)21-22/h6-8,10-11,17H,4-5,9,12H2,1-3H3,(H,20,23)(H,24,25)/t17-/m0/s1. The molecule has 1 aromatic heterocycles. The minimum absolute atomic E-state index is 0.362. The monoisotopic (exact) mass is 343 g/mol. The fourth-order valence-corrected chi connectivity index (χ4v) is 2.73. The van der Waals surface area contributed by atoms with Crippen molar-refractivity contribution in [2.75, 3.05) is 0 Å². The van der Waals surface area contributed by atoms with Gasteiger partial charge in [-0.3, -0.25) is 9.48 Å². The number of carbonyl (C=O) groups excluding carboxylic acids is 1. The average Bonchev–Trinajstić information content (AvgIpc) is 2.88. The van der Waals surface area contributed by atoms with Crippen LogP contribution in [-0.2, 0) is 11.3 Å². The van der Waals surface area contributed by atoms with Crippen LogP contribution in [0.15, 0.2) is 30.3 Å². The van der Waals surface area contributed by atoms with Gasteiger partial charge in [0.25, 0.3) is 5.91 Å². The van der Waals surface area contributed by atoms with E-state index in [2.05, 4.69) is 10.4 Å². The number of aromatic nitrogens is 2. The first kappa shape index (κ1) is 18.7. The first-order chi connectivity index (χ1) is 11.9. The summed E-state index contributed by atoms with van der Waals surface area (Å²) >= 11 is 0. The average molecular weight is 343 g/mol. The van der Waals surface area contributed by atoms with Crippen LogP contribution in [0.2, 0.25) is 0 Å². The van der Waals surface area contributed by atoms with Crippen LogP contribution in [0.25, 0.3) is 0 Å². The normalized spacial score (nSPS) is 12.0. The molecule has 2 aromatic rings. The number of unbranched alkanes of at least 4 members (excludes halogenated alkanes) is 1. The van der Waals surface area contributed by atoms with Crippen molar-refractivity contribution in [2.24, 2.45) is 0 Å². The maximum absolute atomic E-state index is 12.4. The van der Waals surface area contributed by atoms with E-state index in [0.717, 1.165) is 29.8 Å². The third-order valence-electron chi connectivity index (χ3n) is 4.07. The van der Waals surface area contributed by atoms with E-state index in [0.29, 0.717) is 18.5 Å². The summed E-state index contributed by atoms with van der Waals surface area (Å²) in [5.74, 6) is -1.36. The summed E-state index contributed by atoms with van der Waals surface area (Å²) in [4.78, 5) is 23.7. The molecule has 0 aliphatic rings. The minimum Gasteiger partial charge on any atom is -0.480 e. The van der Waals surface area contributed by atoms with Crippen LogP contribution in [-0.4, -0.2) is 32.8 Å². The van der Waals surface area contributed by atoms with E-state index >= 15 is 0 Å². The molecule has 0 saturated heterocycles. The molecular weight excluding hydrogens is 318 g/mol. The Hall–Kier alpha value is -2.63. The quantitative estimate of drug-likeness (QED) is 0.772. The molecule has 0 unspecified atom stereocenters. The Morgan fingerprint density at radius 3 is 2.64 bits per heavy atom. The second-order valence-corrected chi connectivity index (χ2v) is 6.29. The summed E-state index contributed by atoms with van der Waals surface area (Å²) in [6.45, 7) is 6.49. The van der Waals surface area contributed by atoms with Crippen molar-refractivity contribution in [3.05, 3.63) is 52.8 Å². The van der Waals surface area contributed by atoms with Crippen molar-refractivity contribution in [1.82, 2.24) is 15.1 Å². The SMILES string of the molecule is CCCC[C@H](NC(=O)c1cccc(Cn2nc(C)cc2C)c1)C(=O)O. The number of nitrogens with one attached hydrogen (secondary N) is 1. The van der Waals surface area contributed by atoms with Crippen LogP contribution in [0.1, 0.15) is 53.5 Å². The van der Waals surface area contributed by atoms with E-state index < -0.39 is 12.0 Å². The Balaban J connectivity index is 2.10. The fraction of sp³-hybridized carbons (Fsp3) is 0.421. The molecule has 1 amide bonds. The van der Waals surface area contributed by atoms with Gasteiger partial charge in [0, 0.05) is 11.3 Å². The summed E-state index contributed by atoms with van der Waals surface area (Å²) in [7, 11) is 0. The predicted molar refractivity (Wildman–Crippen MR) is 95.7 cm³/mol. The van der Waals surface area contributed by atoms with Crippen molar-refractivity contribution < 1.29 is 14.7 Å². The number of carboxylic acids is 1. The van der Waals surface area contributed by atoms with Gasteiger partial charge in [-0.1, -0.05) is 31.9 Å². The Kier molecular flexibility index (Phi) is 6.33. The summed E-state index contributed by atoms with van der Waals surface area (Å²) in [6, 6.07) is 8.36. The molecule has 0 aliphatic carbocycles. The highest BCUT2D eigenvalue weighted by atomic mass is 16.4. The Labute approximate surface area is 147 Å². The second kappa shape index (κ2) is 8.46. The zero-order valence-corrected chi connectivity index (χ0v) is 15.0. The number of amides is 1. The smallest absolute Gasteiger partial charge is 0.326 e. The van der Waals surface area contributed by atoms with Gasteiger partial charge in [-0.15, -0.1) is 0 Å². The van der Waals surface area contributed by atoms with E-state index in [9.17, 15) is 14.7 Å². The largest absolute Gasteiger partial charge is 0.480 e. The maximum atomic E-state index is 12.4. The van der Waals surface area contributed by atoms with Gasteiger partial charge in [0.15, 0.2) is 0 Å². The lowest BCUT2D eigenvalue weighted by molar-refractivity contribution is -0.139. The Bertz CT molecular complexity index is 752. The number of carbonyl (C=O) groups is 2. The fourth-order valence-electron chi connectivity index (χ4n) is 2.73. The van der Waals surface area contributed by atoms with Crippen molar-refractivity contribution in [3.8, 4) is 0 Å². The number of nitrogens with zero attached hydrogens (tertiary/aromatic N) is 2. The summed E-state index contributed by atoms with van der Waals surface area (Å²) < 4.78 is 1.88. The molecule has 0 bridgehead atoms. The van der Waals surface area contributed by atoms with Gasteiger partial charge in [0.05, 0.1) is 12.2 Å². The van der Waals surface area contributed by atoms with Crippen LogP contribution < -0.4 is 5.32 Å². The van der Waals surface area contributed by atoms with Gasteiger partial charge < -0.3 is 10.4 Å². The van der Waals surface area contributed by atoms with Gasteiger partial charge in [0.2, 0.25) is 0 Å². The Morgan fingerprint density at radius 2 is 2.04 bits per heavy atom. The number of rotatable bonds is 8. The highest BCUT2D eigenvalue weighted by Crippen LogP contribution is 2.11. The molecule has 0 radical (unpaired) electrons. The zero-order chi connectivity index (χ0) is 18.4. The maximum Gasteiger partial charge on any atom is 0.326 e. The zero-order valence-electron chi connectivity index (χ0n) is 15.0. The molecular formula is C19H25N3O3. The van der Waals surface area contributed by atoms with E-state index in [1.54, 1.807) is 18.2 Å². The number of benzene rings is 1. The molecule has 134 valence electrons. The van der Waals surface area contributed by atoms with Gasteiger partial charge in [-0.25, -0.2) is 4.79 Å². The summed E-state index contributed by atoms with van der Waals surface area (Å²) in [6.07, 6.45) is 2.08. The molecule has 6 nitrogen and oxygen atoms in total. The van der Waals surface area contributed by atoms with Crippen LogP contribution in [0.5, 0.6) is 0 Å². The molecule has 0 saturated carbocycles. The van der Waals surface area contributed by atoms with Crippen LogP contribution in [0.3, 0.4) is 0 Å². The second-order valence-electron chi connectivity index (χ2n) is 6.29. The van der Waals surface area contributed by atoms with Gasteiger partial charge >= 0.3 is 5.97 Å². The molecule has 0 aliphatic heterocycles. The van der Waals surface area contributed by atoms with E-state index in [1.165, 1.54) is 0 Å². The van der Waals surface area contributed by atoms with E-state index in [-0.39, 0.29) is 5.91 Å². The molecule has 2 N–H and O–H groups in total. The number of hydrogen-bond acceptors (Lipinski definition) is 3. The van der Waals surface area contributed by atoms with Crippen LogP contribution in [0.4, 0.5) is 0 Å². The molecule has 1 aromatic carbocycles. The molecule has 2 rings (SSSR count). The topological polar surface area (TPSA) is 84.2 Å². The number of aliphatic carboxylic acids is 1. The first-order valence-electron chi connectivity index (χ1n) is 8.54. The van der Waals surface area contributed by atoms with Crippen LogP contribution in [0, 0.1) is 13.8 Å². The lowest BCUT2D eigenvalue weighted by Crippen LogP contribution is -2.40. The van der Waals surface area contributed by atoms with Gasteiger partial charge in [-0.05, 0) is 44.0 Å². The van der Waals surface area contributed by atoms with Gasteiger partial charge in [-0.2, -0.15) is 5.10 Å². The highest BCUT2D eigenvalue weighted by Gasteiger charge is 2.20. The summed E-state index contributed by atoms with van der Waals surface area (Å²) in [5, 5.41) is 16.3. The van der Waals surface area contributed by atoms with E-state index in [1.807, 2.05) is 37.6 Å². The van der Waals surface area contributed by atoms with Crippen molar-refractivity contribution in [2.45, 2.75) is 52.6 Å².